The van der Waals surface area contributed by atoms with Gasteiger partial charge in [0.2, 0.25) is 5.91 Å². The van der Waals surface area contributed by atoms with E-state index in [0.29, 0.717) is 38.4 Å². The van der Waals surface area contributed by atoms with Crippen LogP contribution < -0.4 is 9.62 Å². The fourth-order valence-electron chi connectivity index (χ4n) is 4.25. The van der Waals surface area contributed by atoms with Crippen molar-refractivity contribution < 1.29 is 27.5 Å². The van der Waals surface area contributed by atoms with Crippen LogP contribution in [0.3, 0.4) is 0 Å². The molecule has 11 heteroatoms. The number of amides is 1. The maximum Gasteiger partial charge on any atom is 0.335 e. The van der Waals surface area contributed by atoms with Crippen LogP contribution >= 0.6 is 0 Å². The molecule has 9 nitrogen and oxygen atoms in total. The Hall–Kier alpha value is -3.18. The molecule has 1 amide bonds. The minimum absolute atomic E-state index is 0.0598. The van der Waals surface area contributed by atoms with Crippen molar-refractivity contribution in [1.29, 1.82) is 0 Å². The van der Waals surface area contributed by atoms with E-state index in [2.05, 4.69) is 9.62 Å². The average Bonchev–Trinajstić information content (AvgIpc) is 3.35. The number of carboxylic acids is 1. The number of likely N-dealkylation sites (tertiary alicyclic amines) is 1. The number of carbonyl (C=O) groups excluding carboxylic acids is 1. The van der Waals surface area contributed by atoms with Crippen molar-refractivity contribution in [1.82, 2.24) is 9.80 Å². The van der Waals surface area contributed by atoms with E-state index in [1.807, 2.05) is 9.80 Å². The summed E-state index contributed by atoms with van der Waals surface area (Å²) in [5, 5.41) is 9.39. The molecule has 2 aromatic rings. The highest BCUT2D eigenvalue weighted by Crippen LogP contribution is 2.30. The smallest absolute Gasteiger partial charge is 0.335 e. The number of nitrogens with zero attached hydrogens (tertiary/aromatic N) is 3. The minimum Gasteiger partial charge on any atom is -0.478 e. The van der Waals surface area contributed by atoms with Crippen LogP contribution in [0.25, 0.3) is 0 Å². The number of hydrogen-bond donors (Lipinski definition) is 2. The zero-order valence-electron chi connectivity index (χ0n) is 18.6. The second-order valence-electron chi connectivity index (χ2n) is 8.45. The number of piperazine rings is 1. The fourth-order valence-corrected chi connectivity index (χ4v) is 5.31. The van der Waals surface area contributed by atoms with E-state index in [1.54, 1.807) is 6.07 Å². The van der Waals surface area contributed by atoms with Crippen LogP contribution in [-0.4, -0.2) is 81.0 Å². The van der Waals surface area contributed by atoms with Crippen molar-refractivity contribution in [3.63, 3.8) is 0 Å². The van der Waals surface area contributed by atoms with E-state index in [0.717, 1.165) is 50.2 Å². The third-order valence-electron chi connectivity index (χ3n) is 6.14. The number of hydrogen-bond acceptors (Lipinski definition) is 6. The SMILES string of the molecule is O=C(O)c1ccc(N2CCN(CC(=O)N3CCCC3)CC2)c(NS(=O)(=O)c2ccc(F)cc2)c1. The van der Waals surface area contributed by atoms with Crippen LogP contribution in [0.1, 0.15) is 23.2 Å². The number of aromatic carboxylic acids is 1. The average molecular weight is 491 g/mol. The molecule has 2 aliphatic heterocycles. The number of carboxylic acid groups (broad SMARTS) is 1. The number of rotatable bonds is 7. The predicted molar refractivity (Wildman–Crippen MR) is 125 cm³/mol. The quantitative estimate of drug-likeness (QED) is 0.611. The molecule has 0 aromatic heterocycles. The van der Waals surface area contributed by atoms with Crippen molar-refractivity contribution in [2.75, 3.05) is 55.4 Å². The normalized spacial score (nSPS) is 17.1. The predicted octanol–water partition coefficient (Wildman–Crippen LogP) is 2.07. The van der Waals surface area contributed by atoms with Gasteiger partial charge in [0, 0.05) is 39.3 Å². The van der Waals surface area contributed by atoms with Gasteiger partial charge < -0.3 is 14.9 Å². The molecule has 0 atom stereocenters. The van der Waals surface area contributed by atoms with Crippen molar-refractivity contribution in [3.05, 3.63) is 53.8 Å². The molecular formula is C23H27FN4O5S. The van der Waals surface area contributed by atoms with Crippen molar-refractivity contribution in [3.8, 4) is 0 Å². The van der Waals surface area contributed by atoms with Crippen molar-refractivity contribution in [2.24, 2.45) is 0 Å². The molecule has 0 bridgehead atoms. The van der Waals surface area contributed by atoms with Gasteiger partial charge in [-0.05, 0) is 55.3 Å². The Bertz CT molecular complexity index is 1160. The van der Waals surface area contributed by atoms with E-state index < -0.39 is 21.8 Å². The summed E-state index contributed by atoms with van der Waals surface area (Å²) in [6, 6.07) is 8.68. The molecule has 182 valence electrons. The Morgan fingerprint density at radius 1 is 0.941 bits per heavy atom. The Balaban J connectivity index is 1.50. The lowest BCUT2D eigenvalue weighted by Gasteiger charge is -2.37. The maximum atomic E-state index is 13.2. The van der Waals surface area contributed by atoms with Crippen LogP contribution in [0.4, 0.5) is 15.8 Å². The molecule has 0 saturated carbocycles. The monoisotopic (exact) mass is 490 g/mol. The second kappa shape index (κ2) is 9.98. The molecule has 2 N–H and O–H groups in total. The lowest BCUT2D eigenvalue weighted by atomic mass is 10.1. The summed E-state index contributed by atoms with van der Waals surface area (Å²) >= 11 is 0. The largest absolute Gasteiger partial charge is 0.478 e. The molecule has 0 radical (unpaired) electrons. The summed E-state index contributed by atoms with van der Waals surface area (Å²) in [5.74, 6) is -1.61. The highest BCUT2D eigenvalue weighted by Gasteiger charge is 2.26. The Morgan fingerprint density at radius 3 is 2.21 bits per heavy atom. The number of nitrogens with one attached hydrogen (secondary N) is 1. The van der Waals surface area contributed by atoms with Gasteiger partial charge in [-0.15, -0.1) is 0 Å². The number of anilines is 2. The highest BCUT2D eigenvalue weighted by molar-refractivity contribution is 7.92. The number of benzene rings is 2. The van der Waals surface area contributed by atoms with Crippen LogP contribution in [0.5, 0.6) is 0 Å². The van der Waals surface area contributed by atoms with Gasteiger partial charge in [0.25, 0.3) is 10.0 Å². The van der Waals surface area contributed by atoms with Gasteiger partial charge in [0.1, 0.15) is 5.82 Å². The third kappa shape index (κ3) is 5.48. The van der Waals surface area contributed by atoms with E-state index in [-0.39, 0.29) is 22.1 Å². The summed E-state index contributed by atoms with van der Waals surface area (Å²) in [7, 11) is -4.07. The number of carbonyl (C=O) groups is 2. The van der Waals surface area contributed by atoms with E-state index in [9.17, 15) is 27.5 Å². The number of sulfonamides is 1. The topological polar surface area (TPSA) is 110 Å². The van der Waals surface area contributed by atoms with Crippen LogP contribution in [0.2, 0.25) is 0 Å². The van der Waals surface area contributed by atoms with E-state index in [4.69, 9.17) is 0 Å². The molecule has 2 aromatic carbocycles. The molecule has 0 aliphatic carbocycles. The summed E-state index contributed by atoms with van der Waals surface area (Å²) in [4.78, 5) is 29.7. The summed E-state index contributed by atoms with van der Waals surface area (Å²) in [6.07, 6.45) is 2.09. The Morgan fingerprint density at radius 2 is 1.59 bits per heavy atom. The molecule has 2 saturated heterocycles. The van der Waals surface area contributed by atoms with E-state index >= 15 is 0 Å². The van der Waals surface area contributed by atoms with Gasteiger partial charge in [-0.25, -0.2) is 17.6 Å². The van der Waals surface area contributed by atoms with Gasteiger partial charge in [-0.3, -0.25) is 14.4 Å². The van der Waals surface area contributed by atoms with Crippen molar-refractivity contribution >= 4 is 33.3 Å². The van der Waals surface area contributed by atoms with Crippen LogP contribution in [0, 0.1) is 5.82 Å². The first-order valence-corrected chi connectivity index (χ1v) is 12.6. The zero-order valence-corrected chi connectivity index (χ0v) is 19.4. The lowest BCUT2D eigenvalue weighted by molar-refractivity contribution is -0.131. The highest BCUT2D eigenvalue weighted by atomic mass is 32.2. The molecule has 2 aliphatic rings. The molecule has 0 unspecified atom stereocenters. The lowest BCUT2D eigenvalue weighted by Crippen LogP contribution is -2.50. The van der Waals surface area contributed by atoms with Crippen LogP contribution in [0.15, 0.2) is 47.4 Å². The summed E-state index contributed by atoms with van der Waals surface area (Å²) in [5.41, 5.74) is 0.613. The van der Waals surface area contributed by atoms with Gasteiger partial charge >= 0.3 is 5.97 Å². The van der Waals surface area contributed by atoms with Gasteiger partial charge in [-0.1, -0.05) is 0 Å². The van der Waals surface area contributed by atoms with Crippen molar-refractivity contribution in [2.45, 2.75) is 17.7 Å². The van der Waals surface area contributed by atoms with Gasteiger partial charge in [0.05, 0.1) is 28.4 Å². The molecule has 2 fully saturated rings. The standard InChI is InChI=1S/C23H27FN4O5S/c24-18-4-6-19(7-5-18)34(32,33)25-20-15-17(23(30)31)3-8-21(20)27-13-11-26(12-14-27)16-22(29)28-9-1-2-10-28/h3-8,15,25H,1-2,9-14,16H2,(H,30,31). The Labute approximate surface area is 197 Å². The first-order valence-electron chi connectivity index (χ1n) is 11.1. The maximum absolute atomic E-state index is 13.2. The van der Waals surface area contributed by atoms with Crippen LogP contribution in [-0.2, 0) is 14.8 Å². The minimum atomic E-state index is -4.07. The molecule has 0 spiro atoms. The Kier molecular flexibility index (Phi) is 7.03. The zero-order chi connectivity index (χ0) is 24.3. The van der Waals surface area contributed by atoms with Gasteiger partial charge in [-0.2, -0.15) is 0 Å². The molecule has 34 heavy (non-hydrogen) atoms. The summed E-state index contributed by atoms with van der Waals surface area (Å²) < 4.78 is 41.5. The van der Waals surface area contributed by atoms with E-state index in [1.165, 1.54) is 12.1 Å². The summed E-state index contributed by atoms with van der Waals surface area (Å²) in [6.45, 7) is 4.30. The first kappa shape index (κ1) is 24.0. The molecule has 4 rings (SSSR count). The second-order valence-corrected chi connectivity index (χ2v) is 10.1. The molecule has 2 heterocycles. The van der Waals surface area contributed by atoms with Gasteiger partial charge in [0.15, 0.2) is 0 Å². The molecular weight excluding hydrogens is 463 g/mol. The number of halogens is 1. The fraction of sp³-hybridized carbons (Fsp3) is 0.391. The third-order valence-corrected chi connectivity index (χ3v) is 7.52. The first-order chi connectivity index (χ1) is 16.2.